The predicted octanol–water partition coefficient (Wildman–Crippen LogP) is 3.25. The Hall–Kier alpha value is -2.07. The van der Waals surface area contributed by atoms with E-state index in [9.17, 15) is 4.79 Å². The summed E-state index contributed by atoms with van der Waals surface area (Å²) in [4.78, 5) is 17.0. The lowest BCUT2D eigenvalue weighted by Gasteiger charge is -2.14. The van der Waals surface area contributed by atoms with Crippen LogP contribution in [0.1, 0.15) is 24.1 Å². The van der Waals surface area contributed by atoms with Crippen molar-refractivity contribution in [3.05, 3.63) is 57.1 Å². The number of aromatic amines is 1. The summed E-state index contributed by atoms with van der Waals surface area (Å²) in [7, 11) is 0. The average molecular weight is 300 g/mol. The highest BCUT2D eigenvalue weighted by Crippen LogP contribution is 2.25. The van der Waals surface area contributed by atoms with Gasteiger partial charge >= 0.3 is 0 Å². The molecule has 1 aromatic carbocycles. The Labute approximate surface area is 126 Å². The van der Waals surface area contributed by atoms with Gasteiger partial charge in [-0.3, -0.25) is 14.9 Å². The first-order chi connectivity index (χ1) is 10.2. The maximum Gasteiger partial charge on any atom is 0.280 e. The molecule has 0 unspecified atom stereocenters. The van der Waals surface area contributed by atoms with Gasteiger partial charge in [0.05, 0.1) is 16.6 Å². The maximum atomic E-state index is 12.6. The lowest BCUT2D eigenvalue weighted by atomic mass is 9.95. The van der Waals surface area contributed by atoms with Gasteiger partial charge in [0, 0.05) is 16.9 Å². The van der Waals surface area contributed by atoms with Crippen LogP contribution in [0.4, 0.5) is 0 Å². The lowest BCUT2D eigenvalue weighted by Crippen LogP contribution is -2.14. The molecular weight excluding hydrogens is 286 g/mol. The molecule has 1 aliphatic carbocycles. The minimum atomic E-state index is -0.0619. The Balaban J connectivity index is 1.97. The van der Waals surface area contributed by atoms with Crippen LogP contribution in [0.3, 0.4) is 0 Å². The summed E-state index contributed by atoms with van der Waals surface area (Å²) in [5.74, 6) is 0. The summed E-state index contributed by atoms with van der Waals surface area (Å²) in [6.07, 6.45) is 6.01. The SMILES string of the molecule is O=c1c2cnc3c(c2[nH]n1-c1ccc(Cl)cc1)CCCC3. The number of H-pyrrole nitrogens is 1. The van der Waals surface area contributed by atoms with Crippen molar-refractivity contribution in [2.75, 3.05) is 0 Å². The number of pyridine rings is 1. The molecule has 106 valence electrons. The van der Waals surface area contributed by atoms with Crippen LogP contribution in [0, 0.1) is 0 Å². The van der Waals surface area contributed by atoms with E-state index in [-0.39, 0.29) is 5.56 Å². The Bertz CT molecular complexity index is 877. The van der Waals surface area contributed by atoms with Gasteiger partial charge in [-0.15, -0.1) is 0 Å². The third-order valence-corrected chi connectivity index (χ3v) is 4.35. The zero-order valence-electron chi connectivity index (χ0n) is 11.4. The fraction of sp³-hybridized carbons (Fsp3) is 0.250. The molecule has 21 heavy (non-hydrogen) atoms. The van der Waals surface area contributed by atoms with E-state index in [2.05, 4.69) is 10.1 Å². The van der Waals surface area contributed by atoms with Crippen molar-refractivity contribution in [1.29, 1.82) is 0 Å². The second-order valence-corrected chi connectivity index (χ2v) is 5.84. The topological polar surface area (TPSA) is 50.7 Å². The molecule has 0 spiro atoms. The molecule has 0 saturated heterocycles. The van der Waals surface area contributed by atoms with E-state index in [0.29, 0.717) is 10.4 Å². The molecule has 0 amide bonds. The third-order valence-electron chi connectivity index (χ3n) is 4.10. The van der Waals surface area contributed by atoms with Gasteiger partial charge in [0.15, 0.2) is 0 Å². The Morgan fingerprint density at radius 1 is 1.14 bits per heavy atom. The van der Waals surface area contributed by atoms with Crippen molar-refractivity contribution < 1.29 is 0 Å². The normalized spacial score (nSPS) is 14.3. The van der Waals surface area contributed by atoms with Crippen molar-refractivity contribution in [3.8, 4) is 5.69 Å². The molecule has 0 fully saturated rings. The maximum absolute atomic E-state index is 12.6. The van der Waals surface area contributed by atoms with E-state index < -0.39 is 0 Å². The summed E-state index contributed by atoms with van der Waals surface area (Å²) in [6, 6.07) is 7.23. The molecule has 0 aliphatic heterocycles. The van der Waals surface area contributed by atoms with Crippen LogP contribution in [0.25, 0.3) is 16.6 Å². The van der Waals surface area contributed by atoms with Crippen LogP contribution in [0.2, 0.25) is 5.02 Å². The van der Waals surface area contributed by atoms with Crippen LogP contribution < -0.4 is 5.56 Å². The molecule has 0 atom stereocenters. The van der Waals surface area contributed by atoms with E-state index in [0.717, 1.165) is 36.2 Å². The first-order valence-electron chi connectivity index (χ1n) is 7.11. The molecule has 4 nitrogen and oxygen atoms in total. The smallest absolute Gasteiger partial charge is 0.280 e. The van der Waals surface area contributed by atoms with Gasteiger partial charge in [-0.25, -0.2) is 4.68 Å². The van der Waals surface area contributed by atoms with Crippen molar-refractivity contribution >= 4 is 22.5 Å². The first-order valence-corrected chi connectivity index (χ1v) is 7.49. The summed E-state index contributed by atoms with van der Waals surface area (Å²) in [6.45, 7) is 0. The standard InChI is InChI=1S/C16H14ClN3O/c17-10-5-7-11(8-6-10)20-16(21)13-9-18-14-4-2-1-3-12(14)15(13)19-20/h5-9,19H,1-4H2. The number of fused-ring (bicyclic) bond motifs is 3. The van der Waals surface area contributed by atoms with Gasteiger partial charge in [0.1, 0.15) is 0 Å². The van der Waals surface area contributed by atoms with Crippen molar-refractivity contribution in [2.24, 2.45) is 0 Å². The largest absolute Gasteiger partial charge is 0.290 e. The predicted molar refractivity (Wildman–Crippen MR) is 83.3 cm³/mol. The molecule has 1 N–H and O–H groups in total. The van der Waals surface area contributed by atoms with Gasteiger partial charge in [0.25, 0.3) is 5.56 Å². The highest BCUT2D eigenvalue weighted by atomic mass is 35.5. The Morgan fingerprint density at radius 3 is 2.71 bits per heavy atom. The number of benzene rings is 1. The molecule has 0 radical (unpaired) electrons. The molecule has 3 aromatic rings. The van der Waals surface area contributed by atoms with Crippen LogP contribution >= 0.6 is 11.6 Å². The summed E-state index contributed by atoms with van der Waals surface area (Å²) >= 11 is 5.90. The van der Waals surface area contributed by atoms with E-state index in [1.54, 1.807) is 23.0 Å². The van der Waals surface area contributed by atoms with Crippen LogP contribution in [-0.4, -0.2) is 14.8 Å². The van der Waals surface area contributed by atoms with Gasteiger partial charge in [-0.2, -0.15) is 0 Å². The fourth-order valence-electron chi connectivity index (χ4n) is 3.02. The molecule has 4 rings (SSSR count). The highest BCUT2D eigenvalue weighted by molar-refractivity contribution is 6.30. The van der Waals surface area contributed by atoms with Crippen molar-refractivity contribution in [3.63, 3.8) is 0 Å². The third kappa shape index (κ3) is 1.98. The zero-order valence-corrected chi connectivity index (χ0v) is 12.2. The Morgan fingerprint density at radius 2 is 1.90 bits per heavy atom. The molecule has 1 aliphatic rings. The number of nitrogens with zero attached hydrogens (tertiary/aromatic N) is 2. The first kappa shape index (κ1) is 12.7. The van der Waals surface area contributed by atoms with E-state index in [1.807, 2.05) is 12.1 Å². The summed E-state index contributed by atoms with van der Waals surface area (Å²) in [5, 5.41) is 4.56. The van der Waals surface area contributed by atoms with Gasteiger partial charge in [-0.05, 0) is 55.5 Å². The van der Waals surface area contributed by atoms with E-state index >= 15 is 0 Å². The van der Waals surface area contributed by atoms with Gasteiger partial charge < -0.3 is 0 Å². The van der Waals surface area contributed by atoms with Crippen LogP contribution in [-0.2, 0) is 12.8 Å². The summed E-state index contributed by atoms with van der Waals surface area (Å²) < 4.78 is 1.57. The number of nitrogens with one attached hydrogen (secondary N) is 1. The van der Waals surface area contributed by atoms with Crippen molar-refractivity contribution in [2.45, 2.75) is 25.7 Å². The minimum absolute atomic E-state index is 0.0619. The number of aromatic nitrogens is 3. The van der Waals surface area contributed by atoms with Crippen LogP contribution in [0.5, 0.6) is 0 Å². The van der Waals surface area contributed by atoms with Crippen LogP contribution in [0.15, 0.2) is 35.3 Å². The highest BCUT2D eigenvalue weighted by Gasteiger charge is 2.18. The zero-order chi connectivity index (χ0) is 14.4. The minimum Gasteiger partial charge on any atom is -0.290 e. The number of hydrogen-bond donors (Lipinski definition) is 1. The van der Waals surface area contributed by atoms with E-state index in [4.69, 9.17) is 11.6 Å². The Kier molecular flexibility index (Phi) is 2.86. The number of aryl methyl sites for hydroxylation is 2. The molecule has 5 heteroatoms. The number of halogens is 1. The molecule has 0 saturated carbocycles. The lowest BCUT2D eigenvalue weighted by molar-refractivity contribution is 0.671. The molecule has 2 aromatic heterocycles. The van der Waals surface area contributed by atoms with E-state index in [1.165, 1.54) is 12.0 Å². The molecular formula is C16H14ClN3O. The second-order valence-electron chi connectivity index (χ2n) is 5.41. The number of hydrogen-bond acceptors (Lipinski definition) is 2. The summed E-state index contributed by atoms with van der Waals surface area (Å²) in [5.41, 5.74) is 3.97. The van der Waals surface area contributed by atoms with Gasteiger partial charge in [0.2, 0.25) is 0 Å². The average Bonchev–Trinajstić information content (AvgIpc) is 2.86. The van der Waals surface area contributed by atoms with Crippen molar-refractivity contribution in [1.82, 2.24) is 14.8 Å². The van der Waals surface area contributed by atoms with Gasteiger partial charge in [-0.1, -0.05) is 11.6 Å². The quantitative estimate of drug-likeness (QED) is 0.750. The number of rotatable bonds is 1. The molecule has 0 bridgehead atoms. The monoisotopic (exact) mass is 299 g/mol. The second kappa shape index (κ2) is 4.74. The molecule has 2 heterocycles. The fourth-order valence-corrected chi connectivity index (χ4v) is 3.14.